The van der Waals surface area contributed by atoms with Gasteiger partial charge in [-0.15, -0.1) is 11.3 Å². The topological polar surface area (TPSA) is 88.6 Å². The van der Waals surface area contributed by atoms with E-state index in [4.69, 9.17) is 4.74 Å². The minimum absolute atomic E-state index is 0.0417. The maximum atomic E-state index is 13.8. The Morgan fingerprint density at radius 2 is 2.13 bits per heavy atom. The molecule has 4 heterocycles. The van der Waals surface area contributed by atoms with Gasteiger partial charge in [0.05, 0.1) is 11.0 Å². The van der Waals surface area contributed by atoms with Crippen LogP contribution < -0.4 is 5.32 Å². The second-order valence-electron chi connectivity index (χ2n) is 9.43. The highest BCUT2D eigenvalue weighted by Gasteiger charge is 2.54. The van der Waals surface area contributed by atoms with E-state index >= 15 is 0 Å². The number of nitrogens with zero attached hydrogens (tertiary/aromatic N) is 2. The first kappa shape index (κ1) is 20.6. The fraction of sp³-hybridized carbons (Fsp3) is 0.565. The number of hydrogen-bond donors (Lipinski definition) is 1. The zero-order valence-corrected chi connectivity index (χ0v) is 18.6. The molecule has 2 amide bonds. The van der Waals surface area contributed by atoms with E-state index < -0.39 is 12.1 Å². The lowest BCUT2D eigenvalue weighted by molar-refractivity contribution is -0.140. The number of pyridine rings is 1. The summed E-state index contributed by atoms with van der Waals surface area (Å²) >= 11 is 1.33. The molecule has 7 nitrogen and oxygen atoms in total. The Labute approximate surface area is 185 Å². The van der Waals surface area contributed by atoms with Gasteiger partial charge in [-0.3, -0.25) is 14.4 Å². The predicted molar refractivity (Wildman–Crippen MR) is 117 cm³/mol. The summed E-state index contributed by atoms with van der Waals surface area (Å²) in [6.07, 6.45) is 5.29. The lowest BCUT2D eigenvalue weighted by Gasteiger charge is -2.37. The normalized spacial score (nSPS) is 28.1. The van der Waals surface area contributed by atoms with Gasteiger partial charge in [-0.25, -0.2) is 4.98 Å². The van der Waals surface area contributed by atoms with Crippen LogP contribution in [0.1, 0.15) is 49.2 Å². The number of ether oxygens (including phenoxy) is 1. The third-order valence-electron chi connectivity index (χ3n) is 7.21. The zero-order chi connectivity index (χ0) is 21.8. The molecule has 2 saturated heterocycles. The van der Waals surface area contributed by atoms with E-state index in [2.05, 4.69) is 17.2 Å². The van der Waals surface area contributed by atoms with Crippen LogP contribution in [0.3, 0.4) is 0 Å². The molecule has 31 heavy (non-hydrogen) atoms. The average Bonchev–Trinajstić information content (AvgIpc) is 3.52. The Bertz CT molecular complexity index is 1010. The van der Waals surface area contributed by atoms with Gasteiger partial charge in [0.2, 0.25) is 5.91 Å². The van der Waals surface area contributed by atoms with E-state index in [0.717, 1.165) is 35.9 Å². The van der Waals surface area contributed by atoms with Crippen LogP contribution in [0.4, 0.5) is 0 Å². The highest BCUT2D eigenvalue weighted by atomic mass is 32.1. The lowest BCUT2D eigenvalue weighted by atomic mass is 9.79. The molecule has 164 valence electrons. The van der Waals surface area contributed by atoms with Crippen molar-refractivity contribution in [3.8, 4) is 0 Å². The molecule has 0 unspecified atom stereocenters. The van der Waals surface area contributed by atoms with Crippen molar-refractivity contribution < 1.29 is 19.1 Å². The molecular weight excluding hydrogens is 414 g/mol. The Kier molecular flexibility index (Phi) is 5.09. The Balaban J connectivity index is 1.44. The van der Waals surface area contributed by atoms with Gasteiger partial charge in [-0.05, 0) is 30.4 Å². The number of nitrogens with one attached hydrogen (secondary N) is 1. The first-order chi connectivity index (χ1) is 14.9. The van der Waals surface area contributed by atoms with Crippen LogP contribution in [0.2, 0.25) is 0 Å². The summed E-state index contributed by atoms with van der Waals surface area (Å²) in [5, 5.41) is 3.98. The molecule has 0 radical (unpaired) electrons. The third-order valence-corrected chi connectivity index (χ3v) is 8.26. The molecule has 8 heteroatoms. The Hall–Kier alpha value is -2.32. The summed E-state index contributed by atoms with van der Waals surface area (Å²) in [4.78, 5) is 46.8. The first-order valence-corrected chi connectivity index (χ1v) is 11.8. The van der Waals surface area contributed by atoms with Gasteiger partial charge >= 0.3 is 0 Å². The van der Waals surface area contributed by atoms with Gasteiger partial charge in [0, 0.05) is 24.0 Å². The van der Waals surface area contributed by atoms with Crippen LogP contribution in [-0.4, -0.2) is 58.8 Å². The maximum absolute atomic E-state index is 13.8. The average molecular weight is 442 g/mol. The molecular formula is C23H27N3O4S. The van der Waals surface area contributed by atoms with Crippen molar-refractivity contribution in [1.82, 2.24) is 15.2 Å². The fourth-order valence-electron chi connectivity index (χ4n) is 5.48. The highest BCUT2D eigenvalue weighted by Crippen LogP contribution is 2.43. The molecule has 1 N–H and O–H groups in total. The van der Waals surface area contributed by atoms with Crippen LogP contribution in [-0.2, 0) is 14.3 Å². The number of fused-ring (bicyclic) bond motifs is 2. The van der Waals surface area contributed by atoms with Gasteiger partial charge in [0.1, 0.15) is 23.5 Å². The maximum Gasteiger partial charge on any atom is 0.262 e. The quantitative estimate of drug-likeness (QED) is 0.788. The number of likely N-dealkylation sites (tertiary alicyclic amines) is 1. The summed E-state index contributed by atoms with van der Waals surface area (Å²) < 4.78 is 5.66. The SMILES string of the molecule is C[C@@H]1CN(C(=O)[C@@H](NC(=O)c2cc3cccnc3s2)C2(C)CCCC2)[C@@H]2C(=O)CO[C@H]12. The Morgan fingerprint density at radius 3 is 2.87 bits per heavy atom. The molecule has 3 aliphatic rings. The van der Waals surface area contributed by atoms with E-state index in [0.29, 0.717) is 11.4 Å². The summed E-state index contributed by atoms with van der Waals surface area (Å²) in [6, 6.07) is 4.39. The van der Waals surface area contributed by atoms with Crippen molar-refractivity contribution >= 4 is 39.2 Å². The number of thiophene rings is 1. The Morgan fingerprint density at radius 1 is 1.35 bits per heavy atom. The van der Waals surface area contributed by atoms with E-state index in [1.165, 1.54) is 11.3 Å². The van der Waals surface area contributed by atoms with E-state index in [1.807, 2.05) is 25.1 Å². The molecule has 3 fully saturated rings. The lowest BCUT2D eigenvalue weighted by Crippen LogP contribution is -2.57. The predicted octanol–water partition coefficient (Wildman–Crippen LogP) is 2.79. The van der Waals surface area contributed by atoms with Crippen LogP contribution in [0.15, 0.2) is 24.4 Å². The largest absolute Gasteiger partial charge is 0.367 e. The highest BCUT2D eigenvalue weighted by molar-refractivity contribution is 7.20. The smallest absolute Gasteiger partial charge is 0.262 e. The molecule has 4 atom stereocenters. The molecule has 1 saturated carbocycles. The number of carbonyl (C=O) groups is 3. The standard InChI is InChI=1S/C23H27N3O4S/c1-13-11-26(17-15(27)12-30-18(13)17)22(29)19(23(2)7-3-4-8-23)25-20(28)16-10-14-6-5-9-24-21(14)31-16/h5-6,9-10,13,17-19H,3-4,7-8,11-12H2,1-2H3,(H,25,28)/t13-,17-,18-,19-/m1/s1. The minimum atomic E-state index is -0.667. The molecule has 2 aromatic rings. The van der Waals surface area contributed by atoms with Crippen molar-refractivity contribution in [3.63, 3.8) is 0 Å². The van der Waals surface area contributed by atoms with Gasteiger partial charge in [0.25, 0.3) is 5.91 Å². The van der Waals surface area contributed by atoms with Gasteiger partial charge in [0.15, 0.2) is 5.78 Å². The van der Waals surface area contributed by atoms with Crippen molar-refractivity contribution in [2.45, 2.75) is 57.7 Å². The number of hydrogen-bond acceptors (Lipinski definition) is 6. The zero-order valence-electron chi connectivity index (χ0n) is 17.8. The number of carbonyl (C=O) groups excluding carboxylic acids is 3. The van der Waals surface area contributed by atoms with Crippen molar-refractivity contribution in [1.29, 1.82) is 0 Å². The minimum Gasteiger partial charge on any atom is -0.367 e. The van der Waals surface area contributed by atoms with E-state index in [9.17, 15) is 14.4 Å². The molecule has 0 aromatic carbocycles. The third kappa shape index (κ3) is 3.46. The summed E-state index contributed by atoms with van der Waals surface area (Å²) in [5.74, 6) is -0.357. The van der Waals surface area contributed by atoms with Gasteiger partial charge < -0.3 is 15.0 Å². The fourth-order valence-corrected chi connectivity index (χ4v) is 6.38. The first-order valence-electron chi connectivity index (χ1n) is 11.0. The van der Waals surface area contributed by atoms with E-state index in [-0.39, 0.29) is 41.6 Å². The van der Waals surface area contributed by atoms with Crippen molar-refractivity contribution in [3.05, 3.63) is 29.3 Å². The van der Waals surface area contributed by atoms with Crippen LogP contribution >= 0.6 is 11.3 Å². The summed E-state index contributed by atoms with van der Waals surface area (Å²) in [7, 11) is 0. The molecule has 1 aliphatic carbocycles. The molecule has 2 aromatic heterocycles. The number of Topliss-reactive ketones (excluding diaryl/α,β-unsaturated/α-hetero) is 1. The molecule has 2 aliphatic heterocycles. The second-order valence-corrected chi connectivity index (χ2v) is 10.5. The van der Waals surface area contributed by atoms with Gasteiger partial charge in [-0.1, -0.05) is 32.8 Å². The van der Waals surface area contributed by atoms with E-state index in [1.54, 1.807) is 11.1 Å². The van der Waals surface area contributed by atoms with Gasteiger partial charge in [-0.2, -0.15) is 0 Å². The second kappa shape index (κ2) is 7.67. The number of aromatic nitrogens is 1. The monoisotopic (exact) mass is 441 g/mol. The number of rotatable bonds is 4. The summed E-state index contributed by atoms with van der Waals surface area (Å²) in [6.45, 7) is 4.64. The van der Waals surface area contributed by atoms with Crippen LogP contribution in [0, 0.1) is 11.3 Å². The molecule has 0 bridgehead atoms. The molecule has 0 spiro atoms. The number of ketones is 1. The van der Waals surface area contributed by atoms with Crippen molar-refractivity contribution in [2.24, 2.45) is 11.3 Å². The molecule has 5 rings (SSSR count). The number of amides is 2. The van der Waals surface area contributed by atoms with Crippen LogP contribution in [0.25, 0.3) is 10.2 Å². The summed E-state index contributed by atoms with van der Waals surface area (Å²) in [5.41, 5.74) is -0.328. The van der Waals surface area contributed by atoms with Crippen LogP contribution in [0.5, 0.6) is 0 Å². The van der Waals surface area contributed by atoms with Crippen molar-refractivity contribution in [2.75, 3.05) is 13.2 Å².